The Morgan fingerprint density at radius 2 is 2.43 bits per heavy atom. The molecule has 1 fully saturated rings. The fourth-order valence-electron chi connectivity index (χ4n) is 2.20. The van der Waals surface area contributed by atoms with Crippen LogP contribution in [-0.4, -0.2) is 46.8 Å². The molecule has 0 bridgehead atoms. The second-order valence-electron chi connectivity index (χ2n) is 4.76. The molecular weight excluding hydrogens is 278 g/mol. The summed E-state index contributed by atoms with van der Waals surface area (Å²) < 4.78 is 5.55. The Bertz CT molecular complexity index is 563. The highest BCUT2D eigenvalue weighted by atomic mass is 16.6. The van der Waals surface area contributed by atoms with Gasteiger partial charge in [-0.1, -0.05) is 5.16 Å². The molecule has 2 heterocycles. The van der Waals surface area contributed by atoms with Crippen LogP contribution in [0.4, 0.5) is 11.5 Å². The van der Waals surface area contributed by atoms with Crippen LogP contribution in [0.5, 0.6) is 0 Å². The first-order chi connectivity index (χ1) is 10.0. The Morgan fingerprint density at radius 3 is 3.10 bits per heavy atom. The summed E-state index contributed by atoms with van der Waals surface area (Å²) in [5.41, 5.74) is 5.04. The summed E-state index contributed by atoms with van der Waals surface area (Å²) in [6.07, 6.45) is 0.874. The number of rotatable bonds is 3. The monoisotopic (exact) mass is 295 g/mol. The van der Waals surface area contributed by atoms with Crippen molar-refractivity contribution >= 4 is 17.3 Å². The molecule has 1 aliphatic heterocycles. The maximum Gasteiger partial charge on any atom is 0.298 e. The van der Waals surface area contributed by atoms with Crippen molar-refractivity contribution in [3.05, 3.63) is 27.9 Å². The van der Waals surface area contributed by atoms with E-state index in [4.69, 9.17) is 15.7 Å². The SMILES string of the molecule is CC1CN(c2ccc([N+](=O)[O-])c(/C(N)=N/O)n2)CCCO1. The molecule has 1 unspecified atom stereocenters. The first kappa shape index (κ1) is 15.0. The number of nitrogens with zero attached hydrogens (tertiary/aromatic N) is 4. The third-order valence-electron chi connectivity index (χ3n) is 3.18. The van der Waals surface area contributed by atoms with Crippen LogP contribution < -0.4 is 10.6 Å². The molecule has 9 heteroatoms. The molecule has 114 valence electrons. The predicted octanol–water partition coefficient (Wildman–Crippen LogP) is 0.699. The molecule has 0 saturated carbocycles. The Labute approximate surface area is 121 Å². The van der Waals surface area contributed by atoms with E-state index in [0.717, 1.165) is 13.0 Å². The molecule has 1 aromatic rings. The Balaban J connectivity index is 2.39. The lowest BCUT2D eigenvalue weighted by atomic mass is 10.2. The first-order valence-corrected chi connectivity index (χ1v) is 6.52. The second-order valence-corrected chi connectivity index (χ2v) is 4.76. The standard InChI is InChI=1S/C12H17N5O4/c1-8-7-16(5-2-6-21-8)10-4-3-9(17(19)20)11(14-10)12(13)15-18/h3-4,8,18H,2,5-7H2,1H3,(H2,13,15). The van der Waals surface area contributed by atoms with E-state index in [1.165, 1.54) is 6.07 Å². The van der Waals surface area contributed by atoms with Crippen LogP contribution in [-0.2, 0) is 4.74 Å². The van der Waals surface area contributed by atoms with E-state index in [9.17, 15) is 10.1 Å². The predicted molar refractivity (Wildman–Crippen MR) is 75.6 cm³/mol. The fraction of sp³-hybridized carbons (Fsp3) is 0.500. The molecule has 3 N–H and O–H groups in total. The summed E-state index contributed by atoms with van der Waals surface area (Å²) in [6.45, 7) is 3.97. The van der Waals surface area contributed by atoms with E-state index in [1.807, 2.05) is 11.8 Å². The molecule has 0 aromatic carbocycles. The second kappa shape index (κ2) is 6.35. The van der Waals surface area contributed by atoms with E-state index in [1.54, 1.807) is 6.07 Å². The van der Waals surface area contributed by atoms with Gasteiger partial charge in [0.1, 0.15) is 5.82 Å². The van der Waals surface area contributed by atoms with Gasteiger partial charge in [-0.15, -0.1) is 0 Å². The molecular formula is C12H17N5O4. The van der Waals surface area contributed by atoms with Crippen molar-refractivity contribution in [3.63, 3.8) is 0 Å². The fourth-order valence-corrected chi connectivity index (χ4v) is 2.20. The highest BCUT2D eigenvalue weighted by molar-refractivity contribution is 5.99. The molecule has 1 atom stereocenters. The van der Waals surface area contributed by atoms with Gasteiger partial charge in [0.25, 0.3) is 5.69 Å². The molecule has 1 aromatic heterocycles. The number of amidine groups is 1. The number of oxime groups is 1. The van der Waals surface area contributed by atoms with E-state index < -0.39 is 4.92 Å². The van der Waals surface area contributed by atoms with Gasteiger partial charge in [0.05, 0.1) is 11.0 Å². The quantitative estimate of drug-likeness (QED) is 0.276. The maximum absolute atomic E-state index is 11.0. The van der Waals surface area contributed by atoms with Crippen LogP contribution in [0.15, 0.2) is 17.3 Å². The van der Waals surface area contributed by atoms with E-state index >= 15 is 0 Å². The third-order valence-corrected chi connectivity index (χ3v) is 3.18. The van der Waals surface area contributed by atoms with Crippen LogP contribution in [0.25, 0.3) is 0 Å². The van der Waals surface area contributed by atoms with Crippen molar-refractivity contribution in [3.8, 4) is 0 Å². The Hall–Kier alpha value is -2.42. The zero-order valence-electron chi connectivity index (χ0n) is 11.6. The minimum absolute atomic E-state index is 0.0387. The lowest BCUT2D eigenvalue weighted by Gasteiger charge is -2.23. The van der Waals surface area contributed by atoms with Crippen LogP contribution >= 0.6 is 0 Å². The molecule has 1 aliphatic rings. The normalized spacial score (nSPS) is 20.1. The largest absolute Gasteiger partial charge is 0.409 e. The minimum Gasteiger partial charge on any atom is -0.409 e. The van der Waals surface area contributed by atoms with Crippen molar-refractivity contribution in [2.45, 2.75) is 19.4 Å². The number of aromatic nitrogens is 1. The van der Waals surface area contributed by atoms with Gasteiger partial charge in [0.2, 0.25) is 0 Å². The van der Waals surface area contributed by atoms with E-state index in [-0.39, 0.29) is 23.3 Å². The van der Waals surface area contributed by atoms with E-state index in [2.05, 4.69) is 10.1 Å². The van der Waals surface area contributed by atoms with Crippen LogP contribution in [0.3, 0.4) is 0 Å². The zero-order chi connectivity index (χ0) is 15.4. The maximum atomic E-state index is 11.0. The summed E-state index contributed by atoms with van der Waals surface area (Å²) in [4.78, 5) is 16.5. The van der Waals surface area contributed by atoms with Gasteiger partial charge in [0.15, 0.2) is 11.5 Å². The molecule has 21 heavy (non-hydrogen) atoms. The van der Waals surface area contributed by atoms with Gasteiger partial charge < -0.3 is 20.6 Å². The zero-order valence-corrected chi connectivity index (χ0v) is 11.6. The first-order valence-electron chi connectivity index (χ1n) is 6.52. The summed E-state index contributed by atoms with van der Waals surface area (Å²) in [5.74, 6) is 0.155. The van der Waals surface area contributed by atoms with Crippen molar-refractivity contribution < 1.29 is 14.9 Å². The number of hydrogen-bond donors (Lipinski definition) is 2. The smallest absolute Gasteiger partial charge is 0.298 e. The number of nitrogens with two attached hydrogens (primary N) is 1. The van der Waals surface area contributed by atoms with E-state index in [0.29, 0.717) is 19.0 Å². The van der Waals surface area contributed by atoms with Gasteiger partial charge in [-0.25, -0.2) is 4.98 Å². The van der Waals surface area contributed by atoms with Crippen molar-refractivity contribution in [1.29, 1.82) is 0 Å². The molecule has 9 nitrogen and oxygen atoms in total. The van der Waals surface area contributed by atoms with Gasteiger partial charge in [0, 0.05) is 25.8 Å². The van der Waals surface area contributed by atoms with Gasteiger partial charge >= 0.3 is 0 Å². The number of pyridine rings is 1. The number of anilines is 1. The molecule has 1 saturated heterocycles. The minimum atomic E-state index is -0.613. The Morgan fingerprint density at radius 1 is 1.67 bits per heavy atom. The van der Waals surface area contributed by atoms with Crippen molar-refractivity contribution in [2.75, 3.05) is 24.6 Å². The topological polar surface area (TPSA) is 127 Å². The summed E-state index contributed by atoms with van der Waals surface area (Å²) in [5, 5.41) is 22.5. The molecule has 0 aliphatic carbocycles. The summed E-state index contributed by atoms with van der Waals surface area (Å²) in [6, 6.07) is 2.87. The summed E-state index contributed by atoms with van der Waals surface area (Å²) in [7, 11) is 0. The van der Waals surface area contributed by atoms with Crippen LogP contribution in [0.2, 0.25) is 0 Å². The van der Waals surface area contributed by atoms with Crippen molar-refractivity contribution in [1.82, 2.24) is 4.98 Å². The molecule has 0 amide bonds. The van der Waals surface area contributed by atoms with Crippen LogP contribution in [0.1, 0.15) is 19.0 Å². The average molecular weight is 295 g/mol. The highest BCUT2D eigenvalue weighted by Gasteiger charge is 2.23. The number of ether oxygens (including phenoxy) is 1. The van der Waals surface area contributed by atoms with Crippen LogP contribution in [0, 0.1) is 10.1 Å². The average Bonchev–Trinajstić information content (AvgIpc) is 2.70. The lowest BCUT2D eigenvalue weighted by molar-refractivity contribution is -0.385. The molecule has 2 rings (SSSR count). The van der Waals surface area contributed by atoms with Crippen molar-refractivity contribution in [2.24, 2.45) is 10.9 Å². The highest BCUT2D eigenvalue weighted by Crippen LogP contribution is 2.22. The van der Waals surface area contributed by atoms with Gasteiger partial charge in [-0.05, 0) is 19.4 Å². The third kappa shape index (κ3) is 3.37. The molecule has 0 spiro atoms. The Kier molecular flexibility index (Phi) is 4.53. The molecule has 0 radical (unpaired) electrons. The lowest BCUT2D eigenvalue weighted by Crippen LogP contribution is -2.31. The van der Waals surface area contributed by atoms with Gasteiger partial charge in [-0.3, -0.25) is 10.1 Å². The number of nitro groups is 1. The number of hydrogen-bond acceptors (Lipinski definition) is 7. The van der Waals surface area contributed by atoms with Gasteiger partial charge in [-0.2, -0.15) is 0 Å². The summed E-state index contributed by atoms with van der Waals surface area (Å²) >= 11 is 0.